The van der Waals surface area contributed by atoms with Crippen LogP contribution in [-0.4, -0.2) is 12.5 Å². The molecule has 0 aromatic heterocycles. The lowest BCUT2D eigenvalue weighted by Gasteiger charge is -2.35. The molecule has 0 saturated carbocycles. The Balaban J connectivity index is 1.72. The molecule has 1 aliphatic carbocycles. The Bertz CT molecular complexity index is 1160. The molecule has 1 nitrogen and oxygen atoms in total. The molecule has 0 amide bonds. The first-order chi connectivity index (χ1) is 14.7. The van der Waals surface area contributed by atoms with Crippen LogP contribution in [0.25, 0.3) is 16.3 Å². The summed E-state index contributed by atoms with van der Waals surface area (Å²) >= 11 is 0. The lowest BCUT2D eigenvalue weighted by atomic mass is 9.70. The van der Waals surface area contributed by atoms with Crippen LogP contribution in [0.2, 0.25) is 0 Å². The molecule has 2 atom stereocenters. The number of ether oxygens (including phenoxy) is 1. The first-order valence-electron chi connectivity index (χ1n) is 9.82. The van der Waals surface area contributed by atoms with Crippen LogP contribution in [0.15, 0.2) is 78.9 Å². The quantitative estimate of drug-likeness (QED) is 0.389. The minimum Gasteiger partial charge on any atom is -0.403 e. The van der Waals surface area contributed by atoms with E-state index in [2.05, 4.69) is 4.74 Å². The van der Waals surface area contributed by atoms with E-state index in [1.54, 1.807) is 18.2 Å². The fourth-order valence-electron chi connectivity index (χ4n) is 4.05. The maximum absolute atomic E-state index is 15.5. The lowest BCUT2D eigenvalue weighted by molar-refractivity contribution is -0.275. The van der Waals surface area contributed by atoms with Crippen molar-refractivity contribution in [1.82, 2.24) is 0 Å². The van der Waals surface area contributed by atoms with Crippen molar-refractivity contribution >= 4 is 16.3 Å². The molecule has 0 N–H and O–H groups in total. The van der Waals surface area contributed by atoms with Crippen molar-refractivity contribution in [3.63, 3.8) is 0 Å². The molecule has 0 radical (unpaired) electrons. The second-order valence-corrected chi connectivity index (χ2v) is 7.48. The van der Waals surface area contributed by atoms with Gasteiger partial charge in [0, 0.05) is 10.8 Å². The number of hydrogen-bond donors (Lipinski definition) is 0. The van der Waals surface area contributed by atoms with E-state index in [1.165, 1.54) is 12.1 Å². The highest BCUT2D eigenvalue weighted by molar-refractivity contribution is 5.86. The van der Waals surface area contributed by atoms with Gasteiger partial charge < -0.3 is 4.74 Å². The SMILES string of the molecule is CCC1(c2ccc3c(F)c(OC(F)(F)F)ccc3c2)C=CC(c2ccccc2)=CC1F. The molecule has 3 aromatic rings. The van der Waals surface area contributed by atoms with E-state index >= 15 is 4.39 Å². The van der Waals surface area contributed by atoms with Gasteiger partial charge in [0.25, 0.3) is 0 Å². The van der Waals surface area contributed by atoms with Crippen molar-refractivity contribution in [2.75, 3.05) is 0 Å². The highest BCUT2D eigenvalue weighted by Gasteiger charge is 2.38. The normalized spacial score (nSPS) is 21.2. The van der Waals surface area contributed by atoms with Crippen LogP contribution in [0.3, 0.4) is 0 Å². The maximum Gasteiger partial charge on any atom is 0.573 e. The number of allylic oxidation sites excluding steroid dienone is 4. The Morgan fingerprint density at radius 1 is 1.00 bits per heavy atom. The van der Waals surface area contributed by atoms with Crippen molar-refractivity contribution in [1.29, 1.82) is 0 Å². The Labute approximate surface area is 176 Å². The fraction of sp³-hybridized carbons (Fsp3) is 0.200. The van der Waals surface area contributed by atoms with E-state index in [4.69, 9.17) is 0 Å². The average Bonchev–Trinajstić information content (AvgIpc) is 2.75. The molecule has 0 bridgehead atoms. The van der Waals surface area contributed by atoms with E-state index < -0.39 is 29.5 Å². The zero-order valence-electron chi connectivity index (χ0n) is 16.6. The molecule has 0 heterocycles. The van der Waals surface area contributed by atoms with Gasteiger partial charge in [-0.05, 0) is 40.6 Å². The zero-order chi connectivity index (χ0) is 22.2. The second-order valence-electron chi connectivity index (χ2n) is 7.48. The van der Waals surface area contributed by atoms with Gasteiger partial charge in [-0.1, -0.05) is 73.7 Å². The monoisotopic (exact) mass is 430 g/mol. The first kappa shape index (κ1) is 21.1. The summed E-state index contributed by atoms with van der Waals surface area (Å²) in [5, 5.41) is 0.350. The molecule has 0 fully saturated rings. The standard InChI is InChI=1S/C25H19F5O/c1-2-24(13-12-17(15-22(24)26)16-6-4-3-5-7-16)19-9-10-20-18(14-19)8-11-21(23(20)27)31-25(28,29)30/h3-15,22H,2H2,1H3. The molecule has 0 aliphatic heterocycles. The van der Waals surface area contributed by atoms with Crippen LogP contribution >= 0.6 is 0 Å². The fourth-order valence-corrected chi connectivity index (χ4v) is 4.05. The van der Waals surface area contributed by atoms with Crippen molar-refractivity contribution in [2.45, 2.75) is 31.3 Å². The van der Waals surface area contributed by atoms with Gasteiger partial charge in [0.1, 0.15) is 6.17 Å². The third-order valence-electron chi connectivity index (χ3n) is 5.75. The summed E-state index contributed by atoms with van der Waals surface area (Å²) in [5.41, 5.74) is 1.35. The number of benzene rings is 3. The highest BCUT2D eigenvalue weighted by Crippen LogP contribution is 2.42. The van der Waals surface area contributed by atoms with Crippen molar-refractivity contribution < 1.29 is 26.7 Å². The zero-order valence-corrected chi connectivity index (χ0v) is 16.6. The molecular weight excluding hydrogens is 411 g/mol. The third kappa shape index (κ3) is 3.94. The largest absolute Gasteiger partial charge is 0.573 e. The molecule has 0 spiro atoms. The Morgan fingerprint density at radius 2 is 1.74 bits per heavy atom. The predicted molar refractivity (Wildman–Crippen MR) is 111 cm³/mol. The minimum atomic E-state index is -4.99. The van der Waals surface area contributed by atoms with Gasteiger partial charge in [-0.25, -0.2) is 8.78 Å². The maximum atomic E-state index is 15.5. The molecule has 3 aromatic carbocycles. The van der Waals surface area contributed by atoms with E-state index in [9.17, 15) is 17.6 Å². The van der Waals surface area contributed by atoms with Crippen molar-refractivity contribution in [3.8, 4) is 5.75 Å². The van der Waals surface area contributed by atoms with Gasteiger partial charge in [0.05, 0.1) is 0 Å². The number of hydrogen-bond acceptors (Lipinski definition) is 1. The summed E-state index contributed by atoms with van der Waals surface area (Å²) in [4.78, 5) is 0. The third-order valence-corrected chi connectivity index (χ3v) is 5.75. The number of fused-ring (bicyclic) bond motifs is 1. The smallest absolute Gasteiger partial charge is 0.403 e. The van der Waals surface area contributed by atoms with Gasteiger partial charge in [-0.2, -0.15) is 0 Å². The molecule has 6 heteroatoms. The van der Waals surface area contributed by atoms with Crippen LogP contribution in [0.4, 0.5) is 22.0 Å². The summed E-state index contributed by atoms with van der Waals surface area (Å²) in [6.45, 7) is 1.86. The molecule has 1 aliphatic rings. The highest BCUT2D eigenvalue weighted by atomic mass is 19.4. The van der Waals surface area contributed by atoms with E-state index in [0.717, 1.165) is 17.2 Å². The Hall–Kier alpha value is -3.15. The van der Waals surface area contributed by atoms with E-state index in [0.29, 0.717) is 17.4 Å². The topological polar surface area (TPSA) is 9.23 Å². The van der Waals surface area contributed by atoms with Crippen molar-refractivity contribution in [3.05, 3.63) is 95.8 Å². The van der Waals surface area contributed by atoms with Crippen LogP contribution in [0, 0.1) is 5.82 Å². The predicted octanol–water partition coefficient (Wildman–Crippen LogP) is 7.52. The minimum absolute atomic E-state index is 0.0209. The van der Waals surface area contributed by atoms with Gasteiger partial charge in [-0.3, -0.25) is 0 Å². The van der Waals surface area contributed by atoms with Crippen LogP contribution in [0.5, 0.6) is 5.75 Å². The van der Waals surface area contributed by atoms with Gasteiger partial charge >= 0.3 is 6.36 Å². The summed E-state index contributed by atoms with van der Waals surface area (Å²) < 4.78 is 71.2. The first-order valence-corrected chi connectivity index (χ1v) is 9.82. The van der Waals surface area contributed by atoms with E-state index in [1.807, 2.05) is 49.4 Å². The lowest BCUT2D eigenvalue weighted by Crippen LogP contribution is -2.35. The Kier molecular flexibility index (Phi) is 5.33. The summed E-state index contributed by atoms with van der Waals surface area (Å²) in [6.07, 6.45) is -0.597. The summed E-state index contributed by atoms with van der Waals surface area (Å²) in [5.74, 6) is -2.00. The number of alkyl halides is 4. The van der Waals surface area contributed by atoms with E-state index in [-0.39, 0.29) is 5.39 Å². The molecule has 31 heavy (non-hydrogen) atoms. The van der Waals surface area contributed by atoms with Crippen LogP contribution < -0.4 is 4.74 Å². The van der Waals surface area contributed by atoms with Gasteiger partial charge in [0.15, 0.2) is 11.6 Å². The summed E-state index contributed by atoms with van der Waals surface area (Å²) in [7, 11) is 0. The average molecular weight is 430 g/mol. The molecular formula is C25H19F5O. The van der Waals surface area contributed by atoms with Crippen molar-refractivity contribution in [2.24, 2.45) is 0 Å². The van der Waals surface area contributed by atoms with Crippen LogP contribution in [0.1, 0.15) is 24.5 Å². The number of rotatable bonds is 4. The molecule has 0 saturated heterocycles. The van der Waals surface area contributed by atoms with Gasteiger partial charge in [0.2, 0.25) is 0 Å². The van der Waals surface area contributed by atoms with Crippen LogP contribution in [-0.2, 0) is 5.41 Å². The summed E-state index contributed by atoms with van der Waals surface area (Å²) in [6, 6.07) is 16.3. The molecule has 4 rings (SSSR count). The molecule has 160 valence electrons. The van der Waals surface area contributed by atoms with Gasteiger partial charge in [-0.15, -0.1) is 13.2 Å². The Morgan fingerprint density at radius 3 is 2.39 bits per heavy atom. The second kappa shape index (κ2) is 7.84. The number of halogens is 5. The molecule has 2 unspecified atom stereocenters.